The normalized spacial score (nSPS) is 11.0. The molecule has 0 amide bonds. The third-order valence-corrected chi connectivity index (χ3v) is 3.94. The quantitative estimate of drug-likeness (QED) is 0.672. The molecule has 0 fully saturated rings. The highest BCUT2D eigenvalue weighted by Gasteiger charge is 2.16. The molecule has 0 aliphatic rings. The molecule has 1 aromatic carbocycles. The van der Waals surface area contributed by atoms with Gasteiger partial charge in [-0.3, -0.25) is 14.7 Å². The zero-order chi connectivity index (χ0) is 18.0. The van der Waals surface area contributed by atoms with Crippen molar-refractivity contribution in [2.75, 3.05) is 6.61 Å². The largest absolute Gasteiger partial charge is 0.493 e. The van der Waals surface area contributed by atoms with Crippen molar-refractivity contribution < 1.29 is 9.53 Å². The lowest BCUT2D eigenvalue weighted by Gasteiger charge is -2.11. The zero-order valence-corrected chi connectivity index (χ0v) is 14.5. The Morgan fingerprint density at radius 3 is 2.72 bits per heavy atom. The average Bonchev–Trinajstić information content (AvgIpc) is 3.03. The highest BCUT2D eigenvalue weighted by molar-refractivity contribution is 5.95. The maximum atomic E-state index is 12.4. The molecule has 0 bridgehead atoms. The Balaban J connectivity index is 2.22. The third-order valence-electron chi connectivity index (χ3n) is 3.94. The SMILES string of the molecule is CCCOc1ccc(C(C)=O)cc1-c1nc2c(CC)[nH]nc2c(=O)[nH]1. The Hall–Kier alpha value is -2.96. The van der Waals surface area contributed by atoms with E-state index < -0.39 is 0 Å². The van der Waals surface area contributed by atoms with E-state index in [0.717, 1.165) is 12.1 Å². The van der Waals surface area contributed by atoms with Gasteiger partial charge in [-0.2, -0.15) is 5.10 Å². The molecule has 2 heterocycles. The van der Waals surface area contributed by atoms with E-state index in [9.17, 15) is 9.59 Å². The lowest BCUT2D eigenvalue weighted by molar-refractivity contribution is 0.101. The zero-order valence-electron chi connectivity index (χ0n) is 14.5. The van der Waals surface area contributed by atoms with Gasteiger partial charge in [-0.1, -0.05) is 13.8 Å². The standard InChI is InChI=1S/C18H20N4O3/c1-4-8-25-14-7-6-11(10(3)23)9-12(14)17-19-15-13(5-2)21-22-16(15)18(24)20-17/h6-7,9H,4-5,8H2,1-3H3,(H,21,22)(H,19,20,24). The molecule has 25 heavy (non-hydrogen) atoms. The summed E-state index contributed by atoms with van der Waals surface area (Å²) in [6.07, 6.45) is 1.53. The minimum absolute atomic E-state index is 0.0655. The smallest absolute Gasteiger partial charge is 0.279 e. The van der Waals surface area contributed by atoms with Crippen molar-refractivity contribution in [2.45, 2.75) is 33.6 Å². The fraction of sp³-hybridized carbons (Fsp3) is 0.333. The molecule has 0 aliphatic heterocycles. The first-order chi connectivity index (χ1) is 12.0. The number of H-pyrrole nitrogens is 2. The second-order valence-electron chi connectivity index (χ2n) is 5.78. The average molecular weight is 340 g/mol. The van der Waals surface area contributed by atoms with Gasteiger partial charge in [0.1, 0.15) is 17.1 Å². The monoisotopic (exact) mass is 340 g/mol. The summed E-state index contributed by atoms with van der Waals surface area (Å²) in [6, 6.07) is 5.15. The predicted octanol–water partition coefficient (Wildman–Crippen LogP) is 2.87. The Morgan fingerprint density at radius 1 is 1.24 bits per heavy atom. The van der Waals surface area contributed by atoms with E-state index in [4.69, 9.17) is 4.74 Å². The van der Waals surface area contributed by atoms with Gasteiger partial charge in [-0.05, 0) is 38.0 Å². The summed E-state index contributed by atoms with van der Waals surface area (Å²) >= 11 is 0. The van der Waals surface area contributed by atoms with Gasteiger partial charge in [0, 0.05) is 5.56 Å². The number of ketones is 1. The van der Waals surface area contributed by atoms with E-state index in [1.807, 2.05) is 13.8 Å². The van der Waals surface area contributed by atoms with Crippen LogP contribution in [0.15, 0.2) is 23.0 Å². The molecular formula is C18H20N4O3. The molecule has 2 aromatic heterocycles. The van der Waals surface area contributed by atoms with Crippen molar-refractivity contribution in [1.29, 1.82) is 0 Å². The van der Waals surface area contributed by atoms with Crippen LogP contribution in [0.1, 0.15) is 43.2 Å². The van der Waals surface area contributed by atoms with Gasteiger partial charge < -0.3 is 9.72 Å². The van der Waals surface area contributed by atoms with Crippen LogP contribution in [0.5, 0.6) is 5.75 Å². The molecule has 7 heteroatoms. The fourth-order valence-electron chi connectivity index (χ4n) is 2.60. The maximum Gasteiger partial charge on any atom is 0.279 e. The highest BCUT2D eigenvalue weighted by atomic mass is 16.5. The van der Waals surface area contributed by atoms with E-state index in [0.29, 0.717) is 41.2 Å². The van der Waals surface area contributed by atoms with E-state index in [-0.39, 0.29) is 16.9 Å². The number of benzene rings is 1. The third kappa shape index (κ3) is 3.17. The van der Waals surface area contributed by atoms with Crippen molar-refractivity contribution in [1.82, 2.24) is 20.2 Å². The summed E-state index contributed by atoms with van der Waals surface area (Å²) in [7, 11) is 0. The number of hydrogen-bond donors (Lipinski definition) is 2. The van der Waals surface area contributed by atoms with E-state index in [2.05, 4.69) is 20.2 Å². The summed E-state index contributed by atoms with van der Waals surface area (Å²) in [4.78, 5) is 31.4. The number of rotatable bonds is 6. The topological polar surface area (TPSA) is 101 Å². The van der Waals surface area contributed by atoms with Crippen molar-refractivity contribution in [3.63, 3.8) is 0 Å². The van der Waals surface area contributed by atoms with Gasteiger partial charge in [-0.25, -0.2) is 4.98 Å². The van der Waals surface area contributed by atoms with Crippen LogP contribution in [-0.4, -0.2) is 32.6 Å². The molecule has 0 aliphatic carbocycles. The second-order valence-corrected chi connectivity index (χ2v) is 5.78. The molecule has 2 N–H and O–H groups in total. The fourth-order valence-corrected chi connectivity index (χ4v) is 2.60. The summed E-state index contributed by atoms with van der Waals surface area (Å²) in [5.41, 5.74) is 2.40. The number of Topliss-reactive ketones (excluding diaryl/α,β-unsaturated/α-hetero) is 1. The van der Waals surface area contributed by atoms with Gasteiger partial charge in [0.15, 0.2) is 11.3 Å². The van der Waals surface area contributed by atoms with E-state index in [1.165, 1.54) is 6.92 Å². The number of hydrogen-bond acceptors (Lipinski definition) is 5. The molecule has 3 aromatic rings. The van der Waals surface area contributed by atoms with Gasteiger partial charge in [0.2, 0.25) is 0 Å². The molecule has 0 saturated carbocycles. The lowest BCUT2D eigenvalue weighted by atomic mass is 10.1. The molecular weight excluding hydrogens is 320 g/mol. The van der Waals surface area contributed by atoms with Gasteiger partial charge >= 0.3 is 0 Å². The number of aryl methyl sites for hydroxylation is 1. The van der Waals surface area contributed by atoms with Crippen LogP contribution in [0, 0.1) is 0 Å². The van der Waals surface area contributed by atoms with E-state index >= 15 is 0 Å². The first-order valence-corrected chi connectivity index (χ1v) is 8.30. The Labute approximate surface area is 144 Å². The predicted molar refractivity (Wildman–Crippen MR) is 95.1 cm³/mol. The maximum absolute atomic E-state index is 12.4. The van der Waals surface area contributed by atoms with Crippen molar-refractivity contribution in [3.05, 3.63) is 39.8 Å². The number of fused-ring (bicyclic) bond motifs is 1. The Bertz CT molecular complexity index is 988. The number of ether oxygens (including phenoxy) is 1. The van der Waals surface area contributed by atoms with Crippen LogP contribution in [0.3, 0.4) is 0 Å². The van der Waals surface area contributed by atoms with E-state index in [1.54, 1.807) is 18.2 Å². The molecule has 0 saturated heterocycles. The van der Waals surface area contributed by atoms with Gasteiger partial charge in [-0.15, -0.1) is 0 Å². The molecule has 0 spiro atoms. The highest BCUT2D eigenvalue weighted by Crippen LogP contribution is 2.29. The second kappa shape index (κ2) is 6.88. The van der Waals surface area contributed by atoms with Gasteiger partial charge in [0.05, 0.1) is 17.9 Å². The van der Waals surface area contributed by atoms with Crippen molar-refractivity contribution in [2.24, 2.45) is 0 Å². The van der Waals surface area contributed by atoms with Crippen LogP contribution in [0.25, 0.3) is 22.4 Å². The van der Waals surface area contributed by atoms with Gasteiger partial charge in [0.25, 0.3) is 5.56 Å². The van der Waals surface area contributed by atoms with Crippen molar-refractivity contribution in [3.8, 4) is 17.1 Å². The van der Waals surface area contributed by atoms with Crippen LogP contribution in [0.2, 0.25) is 0 Å². The lowest BCUT2D eigenvalue weighted by Crippen LogP contribution is -2.11. The summed E-state index contributed by atoms with van der Waals surface area (Å²) in [6.45, 7) is 6.00. The number of carbonyl (C=O) groups is 1. The number of nitrogens with one attached hydrogen (secondary N) is 2. The first-order valence-electron chi connectivity index (χ1n) is 8.30. The summed E-state index contributed by atoms with van der Waals surface area (Å²) in [5.74, 6) is 0.878. The number of aromatic nitrogens is 4. The van der Waals surface area contributed by atoms with Crippen LogP contribution >= 0.6 is 0 Å². The van der Waals surface area contributed by atoms with Crippen molar-refractivity contribution >= 4 is 16.8 Å². The number of aromatic amines is 2. The molecule has 0 radical (unpaired) electrons. The number of nitrogens with zero attached hydrogens (tertiary/aromatic N) is 2. The molecule has 0 unspecified atom stereocenters. The summed E-state index contributed by atoms with van der Waals surface area (Å²) in [5, 5.41) is 6.87. The number of carbonyl (C=O) groups excluding carboxylic acids is 1. The Morgan fingerprint density at radius 2 is 2.04 bits per heavy atom. The molecule has 3 rings (SSSR count). The van der Waals surface area contributed by atoms with Crippen LogP contribution in [-0.2, 0) is 6.42 Å². The summed E-state index contributed by atoms with van der Waals surface area (Å²) < 4.78 is 5.77. The molecule has 7 nitrogen and oxygen atoms in total. The molecule has 0 atom stereocenters. The molecule has 130 valence electrons. The Kier molecular flexibility index (Phi) is 4.65. The first kappa shape index (κ1) is 16.9. The van der Waals surface area contributed by atoms with Crippen LogP contribution < -0.4 is 10.3 Å². The minimum Gasteiger partial charge on any atom is -0.493 e. The van der Waals surface area contributed by atoms with Crippen LogP contribution in [0.4, 0.5) is 0 Å². The minimum atomic E-state index is -0.328.